The molecule has 6 heteroatoms. The summed E-state index contributed by atoms with van der Waals surface area (Å²) >= 11 is 0. The largest absolute Gasteiger partial charge is 0.416 e. The molecule has 1 amide bonds. The zero-order valence-electron chi connectivity index (χ0n) is 10.3. The summed E-state index contributed by atoms with van der Waals surface area (Å²) in [6.07, 6.45) is -2.15. The van der Waals surface area contributed by atoms with Gasteiger partial charge in [0.25, 0.3) is 5.91 Å². The van der Waals surface area contributed by atoms with Gasteiger partial charge >= 0.3 is 6.18 Å². The van der Waals surface area contributed by atoms with Crippen LogP contribution in [0.5, 0.6) is 0 Å². The van der Waals surface area contributed by atoms with Crippen LogP contribution >= 0.6 is 0 Å². The van der Waals surface area contributed by atoms with Crippen molar-refractivity contribution in [3.05, 3.63) is 35.1 Å². The van der Waals surface area contributed by atoms with E-state index in [0.29, 0.717) is 18.2 Å². The minimum absolute atomic E-state index is 0.433. The molecule has 1 aliphatic rings. The van der Waals surface area contributed by atoms with Gasteiger partial charge in [-0.1, -0.05) is 0 Å². The Hall–Kier alpha value is -1.59. The highest BCUT2D eigenvalue weighted by molar-refractivity contribution is 5.95. The average Bonchev–Trinajstić information content (AvgIpc) is 2.25. The van der Waals surface area contributed by atoms with E-state index in [1.807, 2.05) is 0 Å². The number of nitrogens with one attached hydrogen (secondary N) is 1. The summed E-state index contributed by atoms with van der Waals surface area (Å²) in [6.45, 7) is 1.79. The van der Waals surface area contributed by atoms with Gasteiger partial charge in [0.05, 0.1) is 11.1 Å². The summed E-state index contributed by atoms with van der Waals surface area (Å²) < 4.78 is 51.0. The maximum absolute atomic E-state index is 13.5. The van der Waals surface area contributed by atoms with Gasteiger partial charge in [-0.2, -0.15) is 13.2 Å². The Bertz CT molecular complexity index is 506. The van der Waals surface area contributed by atoms with Gasteiger partial charge in [-0.05, 0) is 44.4 Å². The van der Waals surface area contributed by atoms with Crippen molar-refractivity contribution in [1.29, 1.82) is 0 Å². The van der Waals surface area contributed by atoms with E-state index in [9.17, 15) is 22.4 Å². The van der Waals surface area contributed by atoms with Crippen LogP contribution < -0.4 is 5.32 Å². The van der Waals surface area contributed by atoms with Crippen molar-refractivity contribution < 1.29 is 22.4 Å². The van der Waals surface area contributed by atoms with Gasteiger partial charge in [0, 0.05) is 5.54 Å². The zero-order chi connectivity index (χ0) is 14.3. The highest BCUT2D eigenvalue weighted by Gasteiger charge is 2.35. The fourth-order valence-electron chi connectivity index (χ4n) is 2.05. The summed E-state index contributed by atoms with van der Waals surface area (Å²) in [5, 5.41) is 2.58. The van der Waals surface area contributed by atoms with Gasteiger partial charge < -0.3 is 5.32 Å². The van der Waals surface area contributed by atoms with Crippen LogP contribution in [-0.4, -0.2) is 11.4 Å². The molecular formula is C13H13F4NO. The topological polar surface area (TPSA) is 29.1 Å². The molecule has 1 aromatic rings. The molecule has 0 unspecified atom stereocenters. The summed E-state index contributed by atoms with van der Waals surface area (Å²) in [5.41, 5.74) is -2.03. The fourth-order valence-corrected chi connectivity index (χ4v) is 2.05. The maximum Gasteiger partial charge on any atom is 0.416 e. The molecule has 1 aliphatic carbocycles. The molecule has 0 bridgehead atoms. The van der Waals surface area contributed by atoms with Crippen LogP contribution in [0.1, 0.15) is 42.1 Å². The standard InChI is InChI=1S/C13H13F4NO/c1-12(5-2-6-12)18-11(19)9-7-8(13(15,16)17)3-4-10(9)14/h3-4,7H,2,5-6H2,1H3,(H,18,19). The molecule has 1 saturated carbocycles. The predicted octanol–water partition coefficient (Wildman–Crippen LogP) is 3.52. The molecule has 0 radical (unpaired) electrons. The molecule has 104 valence electrons. The number of halogens is 4. The number of carbonyl (C=O) groups is 1. The molecule has 0 spiro atoms. The first kappa shape index (κ1) is 13.8. The molecule has 0 heterocycles. The van der Waals surface area contributed by atoms with Crippen LogP contribution in [0.4, 0.5) is 17.6 Å². The van der Waals surface area contributed by atoms with Gasteiger partial charge in [-0.3, -0.25) is 4.79 Å². The lowest BCUT2D eigenvalue weighted by molar-refractivity contribution is -0.137. The number of hydrogen-bond acceptors (Lipinski definition) is 1. The molecular weight excluding hydrogens is 262 g/mol. The smallest absolute Gasteiger partial charge is 0.347 e. The van der Waals surface area contributed by atoms with Crippen molar-refractivity contribution in [3.8, 4) is 0 Å². The van der Waals surface area contributed by atoms with Crippen molar-refractivity contribution >= 4 is 5.91 Å². The number of amides is 1. The monoisotopic (exact) mass is 275 g/mol. The quantitative estimate of drug-likeness (QED) is 0.822. The summed E-state index contributed by atoms with van der Waals surface area (Å²) in [6, 6.07) is 1.84. The van der Waals surface area contributed by atoms with Crippen molar-refractivity contribution in [2.75, 3.05) is 0 Å². The van der Waals surface area contributed by atoms with Crippen molar-refractivity contribution in [2.24, 2.45) is 0 Å². The first-order chi connectivity index (χ1) is 8.71. The summed E-state index contributed by atoms with van der Waals surface area (Å²) in [5.74, 6) is -1.75. The SMILES string of the molecule is CC1(NC(=O)c2cc(C(F)(F)F)ccc2F)CCC1. The molecule has 0 aliphatic heterocycles. The first-order valence-corrected chi connectivity index (χ1v) is 5.91. The third-order valence-electron chi connectivity index (χ3n) is 3.41. The molecule has 0 saturated heterocycles. The molecule has 0 aromatic heterocycles. The average molecular weight is 275 g/mol. The number of hydrogen-bond donors (Lipinski definition) is 1. The van der Waals surface area contributed by atoms with Gasteiger partial charge in [0.1, 0.15) is 5.82 Å². The molecule has 19 heavy (non-hydrogen) atoms. The molecule has 1 N–H and O–H groups in total. The van der Waals surface area contributed by atoms with Crippen LogP contribution in [-0.2, 0) is 6.18 Å². The van der Waals surface area contributed by atoms with Crippen LogP contribution in [0.15, 0.2) is 18.2 Å². The second-order valence-electron chi connectivity index (χ2n) is 5.06. The number of alkyl halides is 3. The summed E-state index contributed by atoms with van der Waals surface area (Å²) in [4.78, 5) is 11.8. The third kappa shape index (κ3) is 2.88. The lowest BCUT2D eigenvalue weighted by Crippen LogP contribution is -2.51. The molecule has 1 fully saturated rings. The Morgan fingerprint density at radius 1 is 1.32 bits per heavy atom. The number of carbonyl (C=O) groups excluding carboxylic acids is 1. The van der Waals surface area contributed by atoms with Crippen molar-refractivity contribution in [2.45, 2.75) is 37.9 Å². The Labute approximate surface area is 107 Å². The van der Waals surface area contributed by atoms with Crippen molar-refractivity contribution in [1.82, 2.24) is 5.32 Å². The Balaban J connectivity index is 2.25. The second kappa shape index (κ2) is 4.51. The van der Waals surface area contributed by atoms with E-state index in [2.05, 4.69) is 5.32 Å². The fraction of sp³-hybridized carbons (Fsp3) is 0.462. The zero-order valence-corrected chi connectivity index (χ0v) is 10.3. The normalized spacial score (nSPS) is 17.7. The van der Waals surface area contributed by atoms with Crippen LogP contribution in [0, 0.1) is 5.82 Å². The van der Waals surface area contributed by atoms with Crippen LogP contribution in [0.2, 0.25) is 0 Å². The lowest BCUT2D eigenvalue weighted by atomic mass is 9.78. The number of benzene rings is 1. The number of rotatable bonds is 2. The maximum atomic E-state index is 13.5. The van der Waals surface area contributed by atoms with E-state index in [4.69, 9.17) is 0 Å². The highest BCUT2D eigenvalue weighted by Crippen LogP contribution is 2.33. The van der Waals surface area contributed by atoms with E-state index >= 15 is 0 Å². The van der Waals surface area contributed by atoms with Gasteiger partial charge in [-0.15, -0.1) is 0 Å². The van der Waals surface area contributed by atoms with Crippen LogP contribution in [0.25, 0.3) is 0 Å². The van der Waals surface area contributed by atoms with Gasteiger partial charge in [-0.25, -0.2) is 4.39 Å². The lowest BCUT2D eigenvalue weighted by Gasteiger charge is -2.39. The van der Waals surface area contributed by atoms with Crippen LogP contribution in [0.3, 0.4) is 0 Å². The van der Waals surface area contributed by atoms with E-state index < -0.39 is 34.6 Å². The highest BCUT2D eigenvalue weighted by atomic mass is 19.4. The van der Waals surface area contributed by atoms with Gasteiger partial charge in [0.2, 0.25) is 0 Å². The molecule has 2 rings (SSSR count). The molecule has 0 atom stereocenters. The van der Waals surface area contributed by atoms with Gasteiger partial charge in [0.15, 0.2) is 0 Å². The Morgan fingerprint density at radius 2 is 1.95 bits per heavy atom. The summed E-state index contributed by atoms with van der Waals surface area (Å²) in [7, 11) is 0. The van der Waals surface area contributed by atoms with E-state index in [1.54, 1.807) is 6.92 Å². The third-order valence-corrected chi connectivity index (χ3v) is 3.41. The van der Waals surface area contributed by atoms with E-state index in [-0.39, 0.29) is 0 Å². The van der Waals surface area contributed by atoms with E-state index in [0.717, 1.165) is 19.3 Å². The Kier molecular flexibility index (Phi) is 3.28. The molecule has 1 aromatic carbocycles. The Morgan fingerprint density at radius 3 is 2.42 bits per heavy atom. The minimum Gasteiger partial charge on any atom is -0.347 e. The predicted molar refractivity (Wildman–Crippen MR) is 61.1 cm³/mol. The first-order valence-electron chi connectivity index (χ1n) is 5.91. The minimum atomic E-state index is -4.59. The molecule has 2 nitrogen and oxygen atoms in total. The van der Waals surface area contributed by atoms with Crippen molar-refractivity contribution in [3.63, 3.8) is 0 Å². The van der Waals surface area contributed by atoms with E-state index in [1.165, 1.54) is 0 Å². The second-order valence-corrected chi connectivity index (χ2v) is 5.06.